The number of ether oxygens (including phenoxy) is 3. The van der Waals surface area contributed by atoms with Gasteiger partial charge in [0.05, 0.1) is 37.1 Å². The van der Waals surface area contributed by atoms with Crippen molar-refractivity contribution in [3.05, 3.63) is 101 Å². The van der Waals surface area contributed by atoms with Crippen molar-refractivity contribution in [3.8, 4) is 11.5 Å². The first kappa shape index (κ1) is 30.4. The van der Waals surface area contributed by atoms with Gasteiger partial charge < -0.3 is 28.6 Å². The molecule has 234 valence electrons. The number of aliphatic hydroxyl groups is 1. The number of aromatic nitrogens is 2. The Bertz CT molecular complexity index is 1740. The number of fused-ring (bicyclic) bond motifs is 1. The summed E-state index contributed by atoms with van der Waals surface area (Å²) in [7, 11) is 0. The highest BCUT2D eigenvalue weighted by atomic mass is 16.5. The topological polar surface area (TPSA) is 106 Å². The number of hydrogen-bond acceptors (Lipinski definition) is 8. The van der Waals surface area contributed by atoms with E-state index in [0.717, 1.165) is 24.2 Å². The van der Waals surface area contributed by atoms with Crippen LogP contribution in [-0.2, 0) is 20.9 Å². The number of imidazole rings is 1. The normalized spacial score (nSPS) is 18.6. The van der Waals surface area contributed by atoms with Gasteiger partial charge in [-0.15, -0.1) is 0 Å². The quantitative estimate of drug-likeness (QED) is 0.157. The van der Waals surface area contributed by atoms with Gasteiger partial charge in [0.15, 0.2) is 17.3 Å². The van der Waals surface area contributed by atoms with Crippen molar-refractivity contribution in [1.29, 1.82) is 0 Å². The molecular formula is C35H38N4O6. The number of benzene rings is 2. The summed E-state index contributed by atoms with van der Waals surface area (Å²) in [4.78, 5) is 35.9. The minimum atomic E-state index is -0.848. The maximum atomic E-state index is 13.8. The van der Waals surface area contributed by atoms with Crippen LogP contribution < -0.4 is 9.47 Å². The minimum Gasteiger partial charge on any atom is -0.505 e. The van der Waals surface area contributed by atoms with Gasteiger partial charge >= 0.3 is 0 Å². The average molecular weight is 611 g/mol. The number of morpholine rings is 1. The number of carbonyl (C=O) groups is 2. The van der Waals surface area contributed by atoms with E-state index in [2.05, 4.69) is 4.90 Å². The molecule has 1 unspecified atom stereocenters. The molecule has 10 heteroatoms. The van der Waals surface area contributed by atoms with Crippen LogP contribution in [0.3, 0.4) is 0 Å². The summed E-state index contributed by atoms with van der Waals surface area (Å²) in [5.74, 6) is -0.661. The molecule has 0 saturated carbocycles. The molecule has 4 heterocycles. The van der Waals surface area contributed by atoms with Crippen molar-refractivity contribution < 1.29 is 28.9 Å². The number of aliphatic hydroxyl groups excluding tert-OH is 1. The van der Waals surface area contributed by atoms with Crippen molar-refractivity contribution in [2.24, 2.45) is 0 Å². The summed E-state index contributed by atoms with van der Waals surface area (Å²) in [6.07, 6.45) is 1.86. The van der Waals surface area contributed by atoms with Gasteiger partial charge in [0.25, 0.3) is 11.7 Å². The molecule has 0 aliphatic carbocycles. The fraction of sp³-hybridized carbons (Fsp3) is 0.343. The largest absolute Gasteiger partial charge is 0.505 e. The Hall–Kier alpha value is -4.67. The third-order valence-corrected chi connectivity index (χ3v) is 8.43. The average Bonchev–Trinajstić information content (AvgIpc) is 3.53. The number of Topliss-reactive ketones (excluding diaryl/α,β-unsaturated/α-hetero) is 1. The number of rotatable bonds is 10. The summed E-state index contributed by atoms with van der Waals surface area (Å²) in [6, 6.07) is 18.3. The molecule has 2 aliphatic rings. The first-order chi connectivity index (χ1) is 21.9. The summed E-state index contributed by atoms with van der Waals surface area (Å²) >= 11 is 0. The zero-order valence-corrected chi connectivity index (χ0v) is 25.9. The summed E-state index contributed by atoms with van der Waals surface area (Å²) in [6.45, 7) is 10.0. The predicted octanol–water partition coefficient (Wildman–Crippen LogP) is 4.68. The predicted molar refractivity (Wildman–Crippen MR) is 169 cm³/mol. The molecule has 0 bridgehead atoms. The molecule has 0 radical (unpaired) electrons. The lowest BCUT2D eigenvalue weighted by molar-refractivity contribution is -0.140. The van der Waals surface area contributed by atoms with Gasteiger partial charge in [-0.25, -0.2) is 4.98 Å². The molecule has 1 N–H and O–H groups in total. The van der Waals surface area contributed by atoms with Crippen LogP contribution >= 0.6 is 0 Å². The summed E-state index contributed by atoms with van der Waals surface area (Å²) < 4.78 is 19.5. The molecule has 4 aromatic rings. The minimum absolute atomic E-state index is 0.00605. The van der Waals surface area contributed by atoms with Crippen LogP contribution in [0.15, 0.2) is 72.4 Å². The highest BCUT2D eigenvalue weighted by molar-refractivity contribution is 6.46. The van der Waals surface area contributed by atoms with Gasteiger partial charge in [0, 0.05) is 32.4 Å². The van der Waals surface area contributed by atoms with E-state index >= 15 is 0 Å². The number of pyridine rings is 1. The van der Waals surface area contributed by atoms with Gasteiger partial charge in [-0.3, -0.25) is 14.5 Å². The van der Waals surface area contributed by atoms with Crippen LogP contribution in [0.2, 0.25) is 0 Å². The Kier molecular flexibility index (Phi) is 8.86. The van der Waals surface area contributed by atoms with Gasteiger partial charge in [-0.1, -0.05) is 42.5 Å². The van der Waals surface area contributed by atoms with Crippen molar-refractivity contribution in [3.63, 3.8) is 0 Å². The van der Waals surface area contributed by atoms with Crippen LogP contribution in [0.25, 0.3) is 11.4 Å². The number of amides is 1. The number of nitrogens with zero attached hydrogens (tertiary/aromatic N) is 4. The Labute approximate surface area is 262 Å². The lowest BCUT2D eigenvalue weighted by atomic mass is 9.96. The molecule has 2 saturated heterocycles. The van der Waals surface area contributed by atoms with Crippen LogP contribution in [0.1, 0.15) is 41.0 Å². The lowest BCUT2D eigenvalue weighted by Crippen LogP contribution is -2.42. The Balaban J connectivity index is 1.42. The molecule has 2 aliphatic heterocycles. The first-order valence-electron chi connectivity index (χ1n) is 15.3. The SMILES string of the molecule is CCOc1cc(C2C(=C(O)c3nc4c(C)cccn4c3C)C(=O)C(=O)N2CCN2CCOCC2)ccc1OCc1ccccc1. The molecule has 45 heavy (non-hydrogen) atoms. The van der Waals surface area contributed by atoms with E-state index in [9.17, 15) is 14.7 Å². The van der Waals surface area contributed by atoms with Crippen molar-refractivity contribution >= 4 is 23.1 Å². The second-order valence-corrected chi connectivity index (χ2v) is 11.3. The van der Waals surface area contributed by atoms with Crippen LogP contribution in [0.4, 0.5) is 0 Å². The lowest BCUT2D eigenvalue weighted by Gasteiger charge is -2.31. The van der Waals surface area contributed by atoms with Gasteiger partial charge in [0.1, 0.15) is 17.9 Å². The molecule has 1 atom stereocenters. The highest BCUT2D eigenvalue weighted by Gasteiger charge is 2.47. The maximum absolute atomic E-state index is 13.8. The molecular weight excluding hydrogens is 572 g/mol. The molecule has 6 rings (SSSR count). The third-order valence-electron chi connectivity index (χ3n) is 8.43. The van der Waals surface area contributed by atoms with Gasteiger partial charge in [-0.05, 0) is 55.7 Å². The zero-order chi connectivity index (χ0) is 31.5. The van der Waals surface area contributed by atoms with Crippen LogP contribution in [-0.4, -0.2) is 82.0 Å². The highest BCUT2D eigenvalue weighted by Crippen LogP contribution is 2.42. The fourth-order valence-electron chi connectivity index (χ4n) is 6.02. The van der Waals surface area contributed by atoms with Crippen molar-refractivity contribution in [1.82, 2.24) is 19.2 Å². The molecule has 2 fully saturated rings. The van der Waals surface area contributed by atoms with E-state index in [1.807, 2.05) is 79.9 Å². The third kappa shape index (κ3) is 6.03. The number of aryl methyl sites for hydroxylation is 2. The molecule has 2 aromatic carbocycles. The Morgan fingerprint density at radius 3 is 2.49 bits per heavy atom. The van der Waals surface area contributed by atoms with E-state index in [1.54, 1.807) is 17.0 Å². The van der Waals surface area contributed by atoms with Crippen LogP contribution in [0, 0.1) is 13.8 Å². The molecule has 1 amide bonds. The van der Waals surface area contributed by atoms with E-state index in [1.165, 1.54) is 0 Å². The fourth-order valence-corrected chi connectivity index (χ4v) is 6.02. The molecule has 10 nitrogen and oxygen atoms in total. The van der Waals surface area contributed by atoms with Crippen molar-refractivity contribution in [2.75, 3.05) is 46.0 Å². The van der Waals surface area contributed by atoms with Gasteiger partial charge in [-0.2, -0.15) is 0 Å². The Morgan fingerprint density at radius 2 is 1.76 bits per heavy atom. The summed E-state index contributed by atoms with van der Waals surface area (Å²) in [5, 5.41) is 11.8. The number of carbonyl (C=O) groups excluding carboxylic acids is 2. The van der Waals surface area contributed by atoms with Crippen LogP contribution in [0.5, 0.6) is 11.5 Å². The smallest absolute Gasteiger partial charge is 0.295 e. The summed E-state index contributed by atoms with van der Waals surface area (Å²) in [5.41, 5.74) is 4.19. The van der Waals surface area contributed by atoms with E-state index < -0.39 is 17.7 Å². The molecule has 0 spiro atoms. The first-order valence-corrected chi connectivity index (χ1v) is 15.3. The second kappa shape index (κ2) is 13.1. The van der Waals surface area contributed by atoms with E-state index in [4.69, 9.17) is 19.2 Å². The number of likely N-dealkylation sites (tertiary alicyclic amines) is 1. The monoisotopic (exact) mass is 610 g/mol. The Morgan fingerprint density at radius 1 is 0.978 bits per heavy atom. The van der Waals surface area contributed by atoms with Crippen molar-refractivity contribution in [2.45, 2.75) is 33.4 Å². The van der Waals surface area contributed by atoms with Gasteiger partial charge in [0.2, 0.25) is 0 Å². The zero-order valence-electron chi connectivity index (χ0n) is 25.9. The standard InChI is InChI=1S/C35H38N4O6/c1-4-44-28-21-26(12-13-27(28)45-22-25-10-6-5-7-11-25)31-29(32(40)30-24(3)38-14-8-9-23(2)34(38)36-30)33(41)35(42)39(31)16-15-37-17-19-43-20-18-37/h5-14,21,31,40H,4,15-20,22H2,1-3H3. The van der Waals surface area contributed by atoms with E-state index in [0.29, 0.717) is 67.9 Å². The molecule has 2 aromatic heterocycles. The number of ketones is 1. The maximum Gasteiger partial charge on any atom is 0.295 e. The second-order valence-electron chi connectivity index (χ2n) is 11.3. The number of hydrogen-bond donors (Lipinski definition) is 1. The van der Waals surface area contributed by atoms with E-state index in [-0.39, 0.29) is 17.0 Å².